The third kappa shape index (κ3) is 5.67. The predicted octanol–water partition coefficient (Wildman–Crippen LogP) is 5.01. The fourth-order valence-electron chi connectivity index (χ4n) is 10.1. The minimum atomic E-state index is -1.79. The number of nitrogens with zero attached hydrogens (tertiary/aromatic N) is 1. The van der Waals surface area contributed by atoms with Crippen LogP contribution >= 0.6 is 23.0 Å². The van der Waals surface area contributed by atoms with Gasteiger partial charge in [0, 0.05) is 43.1 Å². The Morgan fingerprint density at radius 3 is 2.22 bits per heavy atom. The topological polar surface area (TPSA) is 193 Å². The quantitative estimate of drug-likeness (QED) is 0.101. The molecule has 2 saturated carbocycles. The van der Waals surface area contributed by atoms with Crippen LogP contribution in [0.4, 0.5) is 0 Å². The van der Waals surface area contributed by atoms with Gasteiger partial charge >= 0.3 is 23.9 Å². The SMILES string of the molecule is CC(=O)OCC1=C(C)[C@@H](OC(=O)C[C@@H](NC(=O)c2ccccc2)c2ccccc2)C[C@@]2(N=O)CC3([C@]4(OC(C)=O)COC4C[C@H](O)[C@@]3(C)C(=O)OI)[C@@]12C. The number of amides is 1. The summed E-state index contributed by atoms with van der Waals surface area (Å²) in [5, 5.41) is 18.4. The minimum absolute atomic E-state index is 0.0690. The highest BCUT2D eigenvalue weighted by atomic mass is 127. The Labute approximate surface area is 326 Å². The van der Waals surface area contributed by atoms with Gasteiger partial charge in [-0.25, -0.2) is 0 Å². The van der Waals surface area contributed by atoms with Gasteiger partial charge in [-0.3, -0.25) is 24.0 Å². The van der Waals surface area contributed by atoms with E-state index in [2.05, 4.69) is 10.5 Å². The molecule has 0 radical (unpaired) electrons. The molecule has 2 aromatic rings. The number of ether oxygens (including phenoxy) is 4. The van der Waals surface area contributed by atoms with E-state index in [0.29, 0.717) is 22.3 Å². The fourth-order valence-corrected chi connectivity index (χ4v) is 10.5. The van der Waals surface area contributed by atoms with Gasteiger partial charge in [0.25, 0.3) is 5.91 Å². The zero-order chi connectivity index (χ0) is 39.3. The summed E-state index contributed by atoms with van der Waals surface area (Å²) in [5.74, 6) is -3.20. The smallest absolute Gasteiger partial charge is 0.324 e. The molecule has 54 heavy (non-hydrogen) atoms. The van der Waals surface area contributed by atoms with Crippen LogP contribution in [0.3, 0.4) is 0 Å². The highest BCUT2D eigenvalue weighted by Crippen LogP contribution is 2.84. The van der Waals surface area contributed by atoms with Crippen molar-refractivity contribution in [3.8, 4) is 0 Å². The molecule has 288 valence electrons. The number of aliphatic hydroxyl groups is 1. The summed E-state index contributed by atoms with van der Waals surface area (Å²) in [4.78, 5) is 79.7. The summed E-state index contributed by atoms with van der Waals surface area (Å²) < 4.78 is 29.1. The number of nitroso groups, excluding NO2 is 1. The van der Waals surface area contributed by atoms with Gasteiger partial charge in [-0.15, -0.1) is 0 Å². The largest absolute Gasteiger partial charge is 0.461 e. The van der Waals surface area contributed by atoms with Crippen LogP contribution in [0.2, 0.25) is 0 Å². The van der Waals surface area contributed by atoms with Gasteiger partial charge in [-0.1, -0.05) is 60.6 Å². The summed E-state index contributed by atoms with van der Waals surface area (Å²) in [7, 11) is 0. The number of hydrogen-bond acceptors (Lipinski definition) is 13. The molecule has 1 amide bonds. The van der Waals surface area contributed by atoms with E-state index in [1.54, 1.807) is 68.4 Å². The first-order valence-corrected chi connectivity index (χ1v) is 18.6. The third-order valence-corrected chi connectivity index (χ3v) is 13.2. The molecule has 3 fully saturated rings. The van der Waals surface area contributed by atoms with Gasteiger partial charge in [0.15, 0.2) is 28.6 Å². The number of hydrogen-bond donors (Lipinski definition) is 2. The minimum Gasteiger partial charge on any atom is -0.461 e. The van der Waals surface area contributed by atoms with Crippen molar-refractivity contribution in [2.24, 2.45) is 21.4 Å². The zero-order valence-electron chi connectivity index (χ0n) is 30.6. The second kappa shape index (κ2) is 14.5. The van der Waals surface area contributed by atoms with Gasteiger partial charge in [0.05, 0.1) is 25.2 Å². The van der Waals surface area contributed by atoms with E-state index in [-0.39, 0.29) is 32.3 Å². The first-order valence-electron chi connectivity index (χ1n) is 17.7. The van der Waals surface area contributed by atoms with E-state index in [1.807, 2.05) is 6.07 Å². The third-order valence-electron chi connectivity index (χ3n) is 12.8. The Kier molecular flexibility index (Phi) is 10.6. The summed E-state index contributed by atoms with van der Waals surface area (Å²) in [5.41, 5.74) is -6.25. The van der Waals surface area contributed by atoms with Gasteiger partial charge < -0.3 is 32.4 Å². The van der Waals surface area contributed by atoms with Gasteiger partial charge in [0.2, 0.25) is 0 Å². The second-order valence-electron chi connectivity index (χ2n) is 15.1. The summed E-state index contributed by atoms with van der Waals surface area (Å²) in [6, 6.07) is 16.7. The lowest BCUT2D eigenvalue weighted by atomic mass is 9.23. The second-order valence-corrected chi connectivity index (χ2v) is 15.5. The number of carbonyl (C=O) groups excluding carboxylic acids is 5. The van der Waals surface area contributed by atoms with Crippen molar-refractivity contribution in [2.75, 3.05) is 13.2 Å². The molecule has 3 aliphatic carbocycles. The molecule has 1 heterocycles. The van der Waals surface area contributed by atoms with Crippen LogP contribution in [0.15, 0.2) is 77.0 Å². The molecular weight excluding hydrogens is 815 g/mol. The van der Waals surface area contributed by atoms with Gasteiger partial charge in [-0.2, -0.15) is 4.91 Å². The van der Waals surface area contributed by atoms with Gasteiger partial charge in [0.1, 0.15) is 29.8 Å². The Morgan fingerprint density at radius 2 is 1.67 bits per heavy atom. The molecule has 1 saturated heterocycles. The number of aliphatic hydroxyl groups excluding tert-OH is 1. The first kappa shape index (κ1) is 39.5. The molecule has 2 unspecified atom stereocenters. The van der Waals surface area contributed by atoms with E-state index < -0.39 is 88.1 Å². The van der Waals surface area contributed by atoms with E-state index in [0.717, 1.165) is 0 Å². The van der Waals surface area contributed by atoms with Crippen LogP contribution in [0.1, 0.15) is 82.3 Å². The maximum atomic E-state index is 14.0. The molecule has 15 heteroatoms. The van der Waals surface area contributed by atoms with Crippen molar-refractivity contribution in [3.63, 3.8) is 0 Å². The van der Waals surface area contributed by atoms with Crippen LogP contribution in [0.5, 0.6) is 0 Å². The van der Waals surface area contributed by atoms with Crippen LogP contribution in [-0.4, -0.2) is 77.6 Å². The molecule has 4 aliphatic rings. The van der Waals surface area contributed by atoms with Crippen LogP contribution in [0, 0.1) is 21.2 Å². The zero-order valence-corrected chi connectivity index (χ0v) is 32.7. The summed E-state index contributed by atoms with van der Waals surface area (Å²) >= 11 is 1.44. The molecule has 14 nitrogen and oxygen atoms in total. The molecule has 1 spiro atoms. The van der Waals surface area contributed by atoms with Crippen LogP contribution in [0.25, 0.3) is 0 Å². The number of halogens is 1. The maximum absolute atomic E-state index is 14.0. The number of rotatable bonds is 11. The number of nitrogens with one attached hydrogen (secondary N) is 1. The molecule has 1 aliphatic heterocycles. The van der Waals surface area contributed by atoms with Crippen molar-refractivity contribution in [3.05, 3.63) is 87.8 Å². The van der Waals surface area contributed by atoms with Crippen molar-refractivity contribution in [2.45, 2.75) is 95.8 Å². The lowest BCUT2D eigenvalue weighted by Gasteiger charge is -2.81. The Balaban J connectivity index is 1.43. The standard InChI is InChI=1S/C39H43IN2O12/c1-22-27(19-50-23(2)43)36(5)37(42-49,20-39(36)35(4,34(48)54-40)30(45)17-31-38(39,21-51-31)53-24(3)44)18-29(22)52-32(46)16-28(25-12-8-6-9-13-25)41-33(47)26-14-10-7-11-15-26/h6-15,28-31,45H,16-21H2,1-5H3,(H,41,47)/t28-,29+,30+,31?,35+,36+,37-,38+,39?/m1/s1. The lowest BCUT2D eigenvalue weighted by molar-refractivity contribution is -0.412. The average molecular weight is 859 g/mol. The molecule has 6 rings (SSSR count). The van der Waals surface area contributed by atoms with Crippen molar-refractivity contribution in [1.82, 2.24) is 5.32 Å². The Bertz CT molecular complexity index is 1890. The van der Waals surface area contributed by atoms with Gasteiger partial charge in [-0.05, 0) is 49.1 Å². The van der Waals surface area contributed by atoms with Crippen molar-refractivity contribution < 1.29 is 51.1 Å². The van der Waals surface area contributed by atoms with Crippen molar-refractivity contribution >= 4 is 52.8 Å². The molecule has 9 atom stereocenters. The van der Waals surface area contributed by atoms with E-state index in [4.69, 9.17) is 22.0 Å². The van der Waals surface area contributed by atoms with Crippen LogP contribution < -0.4 is 5.32 Å². The maximum Gasteiger partial charge on any atom is 0.324 e. The molecule has 2 N–H and O–H groups in total. The predicted molar refractivity (Wildman–Crippen MR) is 198 cm³/mol. The first-order chi connectivity index (χ1) is 25.6. The molecule has 0 bridgehead atoms. The average Bonchev–Trinajstić information content (AvgIpc) is 3.14. The molecule has 0 aromatic heterocycles. The monoisotopic (exact) mass is 858 g/mol. The van der Waals surface area contributed by atoms with Crippen LogP contribution in [-0.2, 0) is 41.2 Å². The van der Waals surface area contributed by atoms with E-state index >= 15 is 0 Å². The lowest BCUT2D eigenvalue weighted by Crippen LogP contribution is -2.91. The molecular formula is C39H43IN2O12. The fraction of sp³-hybridized carbons (Fsp3) is 0.513. The normalized spacial score (nSPS) is 34.1. The Morgan fingerprint density at radius 1 is 1.02 bits per heavy atom. The molecule has 2 aromatic carbocycles. The van der Waals surface area contributed by atoms with E-state index in [9.17, 15) is 34.0 Å². The number of fused-ring (bicyclic) bond motifs is 4. The number of benzene rings is 2. The summed E-state index contributed by atoms with van der Waals surface area (Å²) in [6.07, 6.45) is -3.95. The highest BCUT2D eigenvalue weighted by Gasteiger charge is 2.93. The van der Waals surface area contributed by atoms with E-state index in [1.165, 1.54) is 43.8 Å². The Hall–Kier alpha value is -4.22. The van der Waals surface area contributed by atoms with Crippen molar-refractivity contribution in [1.29, 1.82) is 0 Å². The highest BCUT2D eigenvalue weighted by molar-refractivity contribution is 14.1. The summed E-state index contributed by atoms with van der Waals surface area (Å²) in [6.45, 7) is 6.80. The number of esters is 3. The number of carbonyl (C=O) groups is 5.